The van der Waals surface area contributed by atoms with Gasteiger partial charge in [-0.1, -0.05) is 31.4 Å². The fraction of sp³-hybridized carbons (Fsp3) is 0.533. The lowest BCUT2D eigenvalue weighted by molar-refractivity contribution is -0.121. The van der Waals surface area contributed by atoms with Crippen LogP contribution in [-0.4, -0.2) is 11.9 Å². The molecular weight excluding hydrogens is 224 g/mol. The number of nitrogen functional groups attached to an aromatic ring is 1. The van der Waals surface area contributed by atoms with Gasteiger partial charge >= 0.3 is 0 Å². The van der Waals surface area contributed by atoms with Gasteiger partial charge in [0, 0.05) is 18.2 Å². The molecule has 3 N–H and O–H groups in total. The molecule has 1 aliphatic carbocycles. The third-order valence-electron chi connectivity index (χ3n) is 3.59. The molecule has 1 saturated carbocycles. The highest BCUT2D eigenvalue weighted by atomic mass is 16.1. The Hall–Kier alpha value is -1.51. The summed E-state index contributed by atoms with van der Waals surface area (Å²) in [5.41, 5.74) is 7.57. The first-order valence-electron chi connectivity index (χ1n) is 6.88. The molecule has 1 amide bonds. The van der Waals surface area contributed by atoms with Gasteiger partial charge in [-0.15, -0.1) is 0 Å². The molecule has 1 aliphatic rings. The van der Waals surface area contributed by atoms with Crippen molar-refractivity contribution in [2.24, 2.45) is 0 Å². The molecule has 3 nitrogen and oxygen atoms in total. The maximum atomic E-state index is 11.8. The van der Waals surface area contributed by atoms with E-state index < -0.39 is 0 Å². The Kier molecular flexibility index (Phi) is 4.62. The fourth-order valence-corrected chi connectivity index (χ4v) is 2.49. The molecule has 18 heavy (non-hydrogen) atoms. The zero-order chi connectivity index (χ0) is 12.8. The quantitative estimate of drug-likeness (QED) is 0.802. The van der Waals surface area contributed by atoms with Gasteiger partial charge in [-0.25, -0.2) is 0 Å². The Bertz CT molecular complexity index is 380. The predicted molar refractivity (Wildman–Crippen MR) is 74.2 cm³/mol. The minimum absolute atomic E-state index is 0.179. The minimum atomic E-state index is 0.179. The molecule has 98 valence electrons. The molecule has 0 radical (unpaired) electrons. The molecule has 1 aromatic rings. The topological polar surface area (TPSA) is 55.1 Å². The normalized spacial score (nSPS) is 16.4. The van der Waals surface area contributed by atoms with Gasteiger partial charge in [0.25, 0.3) is 0 Å². The van der Waals surface area contributed by atoms with Gasteiger partial charge in [0.2, 0.25) is 5.91 Å². The first-order chi connectivity index (χ1) is 8.74. The van der Waals surface area contributed by atoms with E-state index >= 15 is 0 Å². The Morgan fingerprint density at radius 2 is 1.83 bits per heavy atom. The number of carbonyl (C=O) groups excluding carboxylic acids is 1. The minimum Gasteiger partial charge on any atom is -0.399 e. The average molecular weight is 246 g/mol. The second kappa shape index (κ2) is 6.43. The van der Waals surface area contributed by atoms with Crippen LogP contribution in [0.1, 0.15) is 44.1 Å². The second-order valence-electron chi connectivity index (χ2n) is 5.14. The van der Waals surface area contributed by atoms with Gasteiger partial charge in [-0.3, -0.25) is 4.79 Å². The van der Waals surface area contributed by atoms with Crippen LogP contribution < -0.4 is 11.1 Å². The van der Waals surface area contributed by atoms with Gasteiger partial charge in [-0.05, 0) is 37.0 Å². The number of hydrogen-bond acceptors (Lipinski definition) is 2. The van der Waals surface area contributed by atoms with Crippen molar-refractivity contribution in [1.82, 2.24) is 5.32 Å². The van der Waals surface area contributed by atoms with Crippen LogP contribution in [0, 0.1) is 0 Å². The summed E-state index contributed by atoms with van der Waals surface area (Å²) >= 11 is 0. The first-order valence-corrected chi connectivity index (χ1v) is 6.88. The van der Waals surface area contributed by atoms with Crippen molar-refractivity contribution < 1.29 is 4.79 Å². The number of rotatable bonds is 4. The fourth-order valence-electron chi connectivity index (χ4n) is 2.49. The number of benzene rings is 1. The molecule has 3 heteroatoms. The summed E-state index contributed by atoms with van der Waals surface area (Å²) in [6, 6.07) is 8.16. The zero-order valence-corrected chi connectivity index (χ0v) is 10.8. The van der Waals surface area contributed by atoms with Crippen LogP contribution in [0.25, 0.3) is 0 Å². The van der Waals surface area contributed by atoms with E-state index in [1.807, 2.05) is 24.3 Å². The molecule has 0 saturated heterocycles. The Balaban J connectivity index is 1.72. The van der Waals surface area contributed by atoms with E-state index in [4.69, 9.17) is 5.73 Å². The highest BCUT2D eigenvalue weighted by Crippen LogP contribution is 2.17. The van der Waals surface area contributed by atoms with Crippen molar-refractivity contribution >= 4 is 11.6 Å². The highest BCUT2D eigenvalue weighted by molar-refractivity contribution is 5.76. The Morgan fingerprint density at radius 3 is 2.50 bits per heavy atom. The zero-order valence-electron chi connectivity index (χ0n) is 10.8. The second-order valence-corrected chi connectivity index (χ2v) is 5.14. The number of carbonyl (C=O) groups is 1. The maximum Gasteiger partial charge on any atom is 0.220 e. The van der Waals surface area contributed by atoms with Crippen molar-refractivity contribution in [1.29, 1.82) is 0 Å². The van der Waals surface area contributed by atoms with E-state index in [2.05, 4.69) is 5.32 Å². The van der Waals surface area contributed by atoms with Crippen LogP contribution in [0.2, 0.25) is 0 Å². The van der Waals surface area contributed by atoms with Gasteiger partial charge in [0.05, 0.1) is 0 Å². The summed E-state index contributed by atoms with van der Waals surface area (Å²) in [4.78, 5) is 11.8. The van der Waals surface area contributed by atoms with Crippen LogP contribution in [-0.2, 0) is 11.2 Å². The number of aryl methyl sites for hydroxylation is 1. The van der Waals surface area contributed by atoms with Crippen LogP contribution in [0.15, 0.2) is 24.3 Å². The van der Waals surface area contributed by atoms with E-state index in [1.165, 1.54) is 24.8 Å². The molecule has 0 atom stereocenters. The van der Waals surface area contributed by atoms with Gasteiger partial charge in [0.1, 0.15) is 0 Å². The van der Waals surface area contributed by atoms with Crippen LogP contribution >= 0.6 is 0 Å². The van der Waals surface area contributed by atoms with Gasteiger partial charge in [-0.2, -0.15) is 0 Å². The standard InChI is InChI=1S/C15H22N2O/c16-13-9-6-12(7-10-13)8-11-15(18)17-14-4-2-1-3-5-14/h6-7,9-10,14H,1-5,8,11,16H2,(H,17,18). The highest BCUT2D eigenvalue weighted by Gasteiger charge is 2.15. The molecule has 0 aromatic heterocycles. The molecule has 1 fully saturated rings. The smallest absolute Gasteiger partial charge is 0.220 e. The lowest BCUT2D eigenvalue weighted by Crippen LogP contribution is -2.36. The monoisotopic (exact) mass is 246 g/mol. The molecule has 0 heterocycles. The largest absolute Gasteiger partial charge is 0.399 e. The Morgan fingerprint density at radius 1 is 1.17 bits per heavy atom. The number of amides is 1. The third kappa shape index (κ3) is 4.06. The molecule has 0 unspecified atom stereocenters. The number of nitrogens with two attached hydrogens (primary N) is 1. The first kappa shape index (κ1) is 12.9. The third-order valence-corrected chi connectivity index (χ3v) is 3.59. The number of anilines is 1. The van der Waals surface area contributed by atoms with E-state index in [-0.39, 0.29) is 5.91 Å². The summed E-state index contributed by atoms with van der Waals surface area (Å²) in [5.74, 6) is 0.179. The SMILES string of the molecule is Nc1ccc(CCC(=O)NC2CCCCC2)cc1. The lowest BCUT2D eigenvalue weighted by atomic mass is 9.95. The summed E-state index contributed by atoms with van der Waals surface area (Å²) in [6.45, 7) is 0. The summed E-state index contributed by atoms with van der Waals surface area (Å²) in [7, 11) is 0. The van der Waals surface area contributed by atoms with E-state index in [0.717, 1.165) is 24.9 Å². The van der Waals surface area contributed by atoms with Crippen LogP contribution in [0.4, 0.5) is 5.69 Å². The van der Waals surface area contributed by atoms with Crippen molar-refractivity contribution in [2.45, 2.75) is 51.0 Å². The van der Waals surface area contributed by atoms with E-state index in [1.54, 1.807) is 0 Å². The number of hydrogen-bond donors (Lipinski definition) is 2. The lowest BCUT2D eigenvalue weighted by Gasteiger charge is -2.22. The molecular formula is C15H22N2O. The van der Waals surface area contributed by atoms with Gasteiger partial charge < -0.3 is 11.1 Å². The van der Waals surface area contributed by atoms with E-state index in [0.29, 0.717) is 12.5 Å². The molecule has 0 bridgehead atoms. The van der Waals surface area contributed by atoms with E-state index in [9.17, 15) is 4.79 Å². The average Bonchev–Trinajstić information content (AvgIpc) is 2.39. The molecule has 0 aliphatic heterocycles. The van der Waals surface area contributed by atoms with Crippen LogP contribution in [0.3, 0.4) is 0 Å². The molecule has 0 spiro atoms. The summed E-state index contributed by atoms with van der Waals surface area (Å²) in [6.07, 6.45) is 7.48. The number of nitrogens with one attached hydrogen (secondary N) is 1. The van der Waals surface area contributed by atoms with Crippen molar-refractivity contribution in [3.05, 3.63) is 29.8 Å². The predicted octanol–water partition coefficient (Wildman–Crippen LogP) is 2.65. The molecule has 1 aromatic carbocycles. The summed E-state index contributed by atoms with van der Waals surface area (Å²) in [5, 5.41) is 3.14. The van der Waals surface area contributed by atoms with Crippen LogP contribution in [0.5, 0.6) is 0 Å². The maximum absolute atomic E-state index is 11.8. The van der Waals surface area contributed by atoms with Gasteiger partial charge in [0.15, 0.2) is 0 Å². The molecule has 2 rings (SSSR count). The van der Waals surface area contributed by atoms with Crippen molar-refractivity contribution in [3.8, 4) is 0 Å². The Labute approximate surface area is 109 Å². The summed E-state index contributed by atoms with van der Waals surface area (Å²) < 4.78 is 0. The van der Waals surface area contributed by atoms with Crippen molar-refractivity contribution in [3.63, 3.8) is 0 Å². The van der Waals surface area contributed by atoms with Crippen molar-refractivity contribution in [2.75, 3.05) is 5.73 Å².